The molecule has 0 bridgehead atoms. The van der Waals surface area contributed by atoms with Gasteiger partial charge in [0, 0.05) is 11.1 Å². The molecule has 0 atom stereocenters. The number of rotatable bonds is 6. The Hall–Kier alpha value is -3.31. The lowest BCUT2D eigenvalue weighted by molar-refractivity contribution is 0.838. The third-order valence-electron chi connectivity index (χ3n) is 11.4. The average molecular weight is 639 g/mol. The highest BCUT2D eigenvalue weighted by molar-refractivity contribution is 6.91. The van der Waals surface area contributed by atoms with Gasteiger partial charge in [0.05, 0.1) is 0 Å². The maximum absolute atomic E-state index is 3.91. The highest BCUT2D eigenvalue weighted by atomic mass is 28.3. The molecule has 0 aliphatic carbocycles. The van der Waals surface area contributed by atoms with E-state index in [0.717, 1.165) is 11.1 Å². The molecular formula is C44H54Si2. The van der Waals surface area contributed by atoms with Crippen molar-refractivity contribution in [2.45, 2.75) is 116 Å². The second-order valence-electron chi connectivity index (χ2n) is 15.6. The van der Waals surface area contributed by atoms with Gasteiger partial charge in [-0.25, -0.2) is 0 Å². The summed E-state index contributed by atoms with van der Waals surface area (Å²) in [4.78, 5) is 0. The van der Waals surface area contributed by atoms with Crippen molar-refractivity contribution < 1.29 is 0 Å². The summed E-state index contributed by atoms with van der Waals surface area (Å²) in [6.45, 7) is 28.6. The minimum Gasteiger partial charge on any atom is -0.125 e. The zero-order valence-corrected chi connectivity index (χ0v) is 32.4. The fraction of sp³-hybridized carbons (Fsp3) is 0.409. The lowest BCUT2D eigenvalue weighted by atomic mass is 9.94. The number of hydrogen-bond acceptors (Lipinski definition) is 0. The first-order chi connectivity index (χ1) is 21.7. The number of fused-ring (bicyclic) bond motifs is 6. The van der Waals surface area contributed by atoms with Crippen LogP contribution in [-0.4, -0.2) is 16.1 Å². The van der Waals surface area contributed by atoms with E-state index in [4.69, 9.17) is 0 Å². The summed E-state index contributed by atoms with van der Waals surface area (Å²) in [6.07, 6.45) is 0. The quantitative estimate of drug-likeness (QED) is 0.0751. The van der Waals surface area contributed by atoms with Crippen LogP contribution in [-0.2, 0) is 0 Å². The highest BCUT2D eigenvalue weighted by Gasteiger charge is 2.42. The predicted octanol–water partition coefficient (Wildman–Crippen LogP) is 13.4. The maximum Gasteiger partial charge on any atom is 0.146 e. The summed E-state index contributed by atoms with van der Waals surface area (Å²) in [6, 6.07) is 27.5. The number of benzene rings is 5. The van der Waals surface area contributed by atoms with E-state index in [2.05, 4.69) is 179 Å². The van der Waals surface area contributed by atoms with E-state index in [1.165, 1.54) is 43.1 Å². The molecule has 0 unspecified atom stereocenters. The van der Waals surface area contributed by atoms with Crippen molar-refractivity contribution in [3.05, 3.63) is 83.9 Å². The zero-order chi connectivity index (χ0) is 33.6. The van der Waals surface area contributed by atoms with Crippen molar-refractivity contribution >= 4 is 59.2 Å². The van der Waals surface area contributed by atoms with Gasteiger partial charge in [-0.2, -0.15) is 0 Å². The van der Waals surface area contributed by atoms with E-state index < -0.39 is 16.1 Å². The molecule has 0 amide bonds. The Bertz CT molecular complexity index is 1840. The van der Waals surface area contributed by atoms with Crippen LogP contribution in [0.4, 0.5) is 0 Å². The highest BCUT2D eigenvalue weighted by Crippen LogP contribution is 2.42. The van der Waals surface area contributed by atoms with Crippen LogP contribution in [0.1, 0.15) is 94.2 Å². The van der Waals surface area contributed by atoms with E-state index in [1.54, 1.807) is 0 Å². The van der Waals surface area contributed by atoms with E-state index >= 15 is 0 Å². The van der Waals surface area contributed by atoms with Gasteiger partial charge in [-0.05, 0) is 113 Å². The standard InChI is InChI=1S/C44H54Si2/c1-29(2)45(30(3)4,31(5)6)23-21-35-13-19-41-37(25-35)15-17-39-28-44-40(27-43(39)41)18-16-38-26-36(14-20-42(38)44)22-24-46(32(7)8,33(9)10)34(11)12/h13-20,25-34H,1-12H3. The van der Waals surface area contributed by atoms with E-state index in [9.17, 15) is 0 Å². The molecule has 0 aromatic heterocycles. The third kappa shape index (κ3) is 5.85. The van der Waals surface area contributed by atoms with Crippen LogP contribution in [0.3, 0.4) is 0 Å². The van der Waals surface area contributed by atoms with Gasteiger partial charge in [-0.1, -0.05) is 131 Å². The molecule has 0 N–H and O–H groups in total. The predicted molar refractivity (Wildman–Crippen MR) is 212 cm³/mol. The molecular weight excluding hydrogens is 585 g/mol. The molecule has 0 radical (unpaired) electrons. The second-order valence-corrected chi connectivity index (χ2v) is 26.8. The first kappa shape index (κ1) is 34.0. The molecule has 5 aromatic carbocycles. The molecule has 0 nitrogen and oxygen atoms in total. The Kier molecular flexibility index (Phi) is 9.67. The summed E-state index contributed by atoms with van der Waals surface area (Å²) < 4.78 is 0. The summed E-state index contributed by atoms with van der Waals surface area (Å²) >= 11 is 0. The van der Waals surface area contributed by atoms with Crippen LogP contribution in [0.2, 0.25) is 33.2 Å². The Balaban J connectivity index is 1.56. The minimum atomic E-state index is -1.77. The van der Waals surface area contributed by atoms with E-state index in [-0.39, 0.29) is 0 Å². The smallest absolute Gasteiger partial charge is 0.125 e. The lowest BCUT2D eigenvalue weighted by Crippen LogP contribution is -2.43. The summed E-state index contributed by atoms with van der Waals surface area (Å²) in [5.74, 6) is 7.32. The van der Waals surface area contributed by atoms with Crippen molar-refractivity contribution in [1.29, 1.82) is 0 Å². The van der Waals surface area contributed by atoms with Crippen LogP contribution >= 0.6 is 0 Å². The summed E-state index contributed by atoms with van der Waals surface area (Å²) in [7, 11) is -3.55. The van der Waals surface area contributed by atoms with Gasteiger partial charge in [-0.15, -0.1) is 11.1 Å². The van der Waals surface area contributed by atoms with Crippen LogP contribution in [0.25, 0.3) is 43.1 Å². The minimum absolute atomic E-state index is 0.633. The molecule has 0 heterocycles. The molecule has 5 rings (SSSR count). The molecule has 5 aromatic rings. The molecule has 0 spiro atoms. The maximum atomic E-state index is 3.91. The monoisotopic (exact) mass is 638 g/mol. The normalized spacial score (nSPS) is 12.7. The lowest BCUT2D eigenvalue weighted by Gasteiger charge is -2.38. The topological polar surface area (TPSA) is 0 Å². The van der Waals surface area contributed by atoms with Crippen molar-refractivity contribution in [2.24, 2.45) is 0 Å². The van der Waals surface area contributed by atoms with E-state index in [1.807, 2.05) is 0 Å². The van der Waals surface area contributed by atoms with Gasteiger partial charge < -0.3 is 0 Å². The van der Waals surface area contributed by atoms with Gasteiger partial charge in [0.1, 0.15) is 16.1 Å². The first-order valence-electron chi connectivity index (χ1n) is 17.6. The molecule has 0 fully saturated rings. The molecule has 0 saturated carbocycles. The Morgan fingerprint density at radius 3 is 0.913 bits per heavy atom. The largest absolute Gasteiger partial charge is 0.146 e. The van der Waals surface area contributed by atoms with Crippen molar-refractivity contribution in [3.63, 3.8) is 0 Å². The SMILES string of the molecule is CC(C)[Si](C#Cc1ccc2c(ccc3cc4c(ccc5cc(C#C[Si](C(C)C)(C(C)C)C(C)C)ccc54)cc32)c1)(C(C)C)C(C)C. The van der Waals surface area contributed by atoms with Gasteiger partial charge in [0.25, 0.3) is 0 Å². The second kappa shape index (κ2) is 13.1. The van der Waals surface area contributed by atoms with E-state index in [0.29, 0.717) is 33.2 Å². The molecule has 0 saturated heterocycles. The third-order valence-corrected chi connectivity index (χ3v) is 23.9. The van der Waals surface area contributed by atoms with Gasteiger partial charge in [-0.3, -0.25) is 0 Å². The van der Waals surface area contributed by atoms with Crippen molar-refractivity contribution in [1.82, 2.24) is 0 Å². The fourth-order valence-electron chi connectivity index (χ4n) is 9.01. The summed E-state index contributed by atoms with van der Waals surface area (Å²) in [5, 5.41) is 10.3. The van der Waals surface area contributed by atoms with Gasteiger partial charge >= 0.3 is 0 Å². The Morgan fingerprint density at radius 1 is 0.348 bits per heavy atom. The van der Waals surface area contributed by atoms with Gasteiger partial charge in [0.2, 0.25) is 0 Å². The Labute approximate surface area is 281 Å². The zero-order valence-electron chi connectivity index (χ0n) is 30.4. The van der Waals surface area contributed by atoms with Crippen molar-refractivity contribution in [3.8, 4) is 22.9 Å². The summed E-state index contributed by atoms with van der Waals surface area (Å²) in [5.41, 5.74) is 13.9. The van der Waals surface area contributed by atoms with Crippen LogP contribution in [0, 0.1) is 22.9 Å². The van der Waals surface area contributed by atoms with Crippen molar-refractivity contribution in [2.75, 3.05) is 0 Å². The van der Waals surface area contributed by atoms with Crippen LogP contribution in [0.15, 0.2) is 72.8 Å². The fourth-order valence-corrected chi connectivity index (χ4v) is 19.5. The van der Waals surface area contributed by atoms with Crippen LogP contribution < -0.4 is 0 Å². The molecule has 238 valence electrons. The molecule has 0 aliphatic heterocycles. The average Bonchev–Trinajstić information content (AvgIpc) is 2.99. The Morgan fingerprint density at radius 2 is 0.630 bits per heavy atom. The molecule has 0 aliphatic rings. The van der Waals surface area contributed by atoms with Gasteiger partial charge in [0.15, 0.2) is 0 Å². The molecule has 2 heteroatoms. The number of hydrogen-bond donors (Lipinski definition) is 0. The molecule has 46 heavy (non-hydrogen) atoms. The first-order valence-corrected chi connectivity index (χ1v) is 22.1. The van der Waals surface area contributed by atoms with Crippen LogP contribution in [0.5, 0.6) is 0 Å².